The van der Waals surface area contributed by atoms with Crippen LogP contribution in [-0.2, 0) is 14.3 Å². The Morgan fingerprint density at radius 1 is 1.04 bits per heavy atom. The molecule has 0 saturated carbocycles. The molecule has 0 aliphatic carbocycles. The van der Waals surface area contributed by atoms with E-state index in [0.717, 1.165) is 11.1 Å². The number of carbonyl (C=O) groups excluding carboxylic acids is 3. The van der Waals surface area contributed by atoms with Gasteiger partial charge in [-0.25, -0.2) is 4.79 Å². The summed E-state index contributed by atoms with van der Waals surface area (Å²) in [4.78, 5) is 34.9. The Balaban J connectivity index is 1.92. The Bertz CT molecular complexity index is 800. The number of ether oxygens (including phenoxy) is 1. The molecule has 28 heavy (non-hydrogen) atoms. The number of nitrogens with one attached hydrogen (secondary N) is 2. The molecule has 3 amide bonds. The molecule has 0 aliphatic rings. The van der Waals surface area contributed by atoms with E-state index in [9.17, 15) is 14.4 Å². The maximum atomic E-state index is 12.0. The number of halogens is 1. The molecule has 2 aromatic rings. The van der Waals surface area contributed by atoms with E-state index in [1.807, 2.05) is 42.5 Å². The number of esters is 1. The Labute approximate surface area is 173 Å². The predicted molar refractivity (Wildman–Crippen MR) is 110 cm³/mol. The lowest BCUT2D eigenvalue weighted by Crippen LogP contribution is -2.41. The van der Waals surface area contributed by atoms with Crippen molar-refractivity contribution in [2.45, 2.75) is 12.2 Å². The largest absolute Gasteiger partial charge is 0.455 e. The highest BCUT2D eigenvalue weighted by Gasteiger charge is 2.18. The Kier molecular flexibility index (Phi) is 8.84. The van der Waals surface area contributed by atoms with Gasteiger partial charge >= 0.3 is 12.0 Å². The van der Waals surface area contributed by atoms with E-state index in [2.05, 4.69) is 10.6 Å². The van der Waals surface area contributed by atoms with Crippen molar-refractivity contribution in [2.24, 2.45) is 0 Å². The van der Waals surface area contributed by atoms with Gasteiger partial charge in [0.25, 0.3) is 5.91 Å². The lowest BCUT2D eigenvalue weighted by molar-refractivity contribution is -0.145. The average Bonchev–Trinajstić information content (AvgIpc) is 2.69. The zero-order valence-electron chi connectivity index (χ0n) is 15.3. The van der Waals surface area contributed by atoms with Crippen LogP contribution < -0.4 is 10.6 Å². The van der Waals surface area contributed by atoms with Crippen LogP contribution in [0.5, 0.6) is 0 Å². The van der Waals surface area contributed by atoms with Gasteiger partial charge in [-0.15, -0.1) is 11.8 Å². The maximum Gasteiger partial charge on any atom is 0.321 e. The number of imide groups is 1. The topological polar surface area (TPSA) is 84.5 Å². The fourth-order valence-electron chi connectivity index (χ4n) is 2.36. The number of carbonyl (C=O) groups is 3. The SMILES string of the molecule is CCNC(=O)NC(=O)COC(=O)CS[C@H](c1ccccc1)c1ccc(Cl)cc1. The van der Waals surface area contributed by atoms with Gasteiger partial charge in [0, 0.05) is 11.6 Å². The number of hydrogen-bond acceptors (Lipinski definition) is 5. The van der Waals surface area contributed by atoms with E-state index in [4.69, 9.17) is 16.3 Å². The third-order valence-electron chi connectivity index (χ3n) is 3.60. The van der Waals surface area contributed by atoms with Gasteiger partial charge in [0.05, 0.1) is 11.0 Å². The zero-order valence-corrected chi connectivity index (χ0v) is 16.9. The zero-order chi connectivity index (χ0) is 20.4. The van der Waals surface area contributed by atoms with E-state index in [-0.39, 0.29) is 11.0 Å². The van der Waals surface area contributed by atoms with E-state index in [1.165, 1.54) is 11.8 Å². The van der Waals surface area contributed by atoms with E-state index < -0.39 is 24.5 Å². The standard InChI is InChI=1S/C20H21ClN2O4S/c1-2-22-20(26)23-17(24)12-27-18(25)13-28-19(14-6-4-3-5-7-14)15-8-10-16(21)11-9-15/h3-11,19H,2,12-13H2,1H3,(H2,22,23,24,26)/t19-/m1/s1. The van der Waals surface area contributed by atoms with Crippen molar-refractivity contribution < 1.29 is 19.1 Å². The number of hydrogen-bond donors (Lipinski definition) is 2. The highest BCUT2D eigenvalue weighted by atomic mass is 35.5. The lowest BCUT2D eigenvalue weighted by Gasteiger charge is -2.17. The van der Waals surface area contributed by atoms with Gasteiger partial charge in [-0.3, -0.25) is 14.9 Å². The van der Waals surface area contributed by atoms with E-state index in [0.29, 0.717) is 11.6 Å². The fourth-order valence-corrected chi connectivity index (χ4v) is 3.57. The normalized spacial score (nSPS) is 11.4. The number of urea groups is 1. The summed E-state index contributed by atoms with van der Waals surface area (Å²) in [7, 11) is 0. The van der Waals surface area contributed by atoms with Gasteiger partial charge in [0.15, 0.2) is 6.61 Å². The fraction of sp³-hybridized carbons (Fsp3) is 0.250. The van der Waals surface area contributed by atoms with Crippen LogP contribution in [0.25, 0.3) is 0 Å². The summed E-state index contributed by atoms with van der Waals surface area (Å²) in [5.74, 6) is -1.16. The third-order valence-corrected chi connectivity index (χ3v) is 5.13. The summed E-state index contributed by atoms with van der Waals surface area (Å²) in [5, 5.41) is 5.04. The summed E-state index contributed by atoms with van der Waals surface area (Å²) in [6, 6.07) is 16.6. The van der Waals surface area contributed by atoms with Gasteiger partial charge in [-0.1, -0.05) is 54.1 Å². The predicted octanol–water partition coefficient (Wildman–Crippen LogP) is 3.55. The van der Waals surface area contributed by atoms with Crippen LogP contribution in [0.1, 0.15) is 23.3 Å². The quantitative estimate of drug-likeness (QED) is 0.638. The molecule has 0 radical (unpaired) electrons. The van der Waals surface area contributed by atoms with E-state index in [1.54, 1.807) is 19.1 Å². The molecule has 0 unspecified atom stereocenters. The molecule has 8 heteroatoms. The molecular formula is C20H21ClN2O4S. The van der Waals surface area contributed by atoms with Crippen LogP contribution in [0.2, 0.25) is 5.02 Å². The second kappa shape index (κ2) is 11.4. The molecule has 0 heterocycles. The van der Waals surface area contributed by atoms with Crippen molar-refractivity contribution in [1.29, 1.82) is 0 Å². The second-order valence-electron chi connectivity index (χ2n) is 5.72. The Hall–Kier alpha value is -2.51. The van der Waals surface area contributed by atoms with Gasteiger partial charge in [0.2, 0.25) is 0 Å². The number of rotatable bonds is 8. The molecule has 0 saturated heterocycles. The smallest absolute Gasteiger partial charge is 0.321 e. The number of amides is 3. The summed E-state index contributed by atoms with van der Waals surface area (Å²) in [5.41, 5.74) is 2.04. The first-order chi connectivity index (χ1) is 13.5. The van der Waals surface area contributed by atoms with Crippen molar-refractivity contribution in [3.63, 3.8) is 0 Å². The third kappa shape index (κ3) is 7.25. The summed E-state index contributed by atoms with van der Waals surface area (Å²) in [6.07, 6.45) is 0. The molecular weight excluding hydrogens is 400 g/mol. The first-order valence-electron chi connectivity index (χ1n) is 8.65. The molecule has 2 N–H and O–H groups in total. The first kappa shape index (κ1) is 21.8. The van der Waals surface area contributed by atoms with Gasteiger partial charge < -0.3 is 10.1 Å². The van der Waals surface area contributed by atoms with Crippen LogP contribution >= 0.6 is 23.4 Å². The Morgan fingerprint density at radius 3 is 2.32 bits per heavy atom. The van der Waals surface area contributed by atoms with Crippen LogP contribution in [0.4, 0.5) is 4.79 Å². The molecule has 148 valence electrons. The lowest BCUT2D eigenvalue weighted by atomic mass is 10.0. The molecule has 0 spiro atoms. The minimum Gasteiger partial charge on any atom is -0.455 e. The van der Waals surface area contributed by atoms with Crippen LogP contribution in [0.3, 0.4) is 0 Å². The molecule has 2 rings (SSSR count). The van der Waals surface area contributed by atoms with Gasteiger partial charge in [-0.05, 0) is 30.2 Å². The van der Waals surface area contributed by atoms with E-state index >= 15 is 0 Å². The summed E-state index contributed by atoms with van der Waals surface area (Å²) in [6.45, 7) is 1.61. The monoisotopic (exact) mass is 420 g/mol. The molecule has 0 fully saturated rings. The van der Waals surface area contributed by atoms with Crippen molar-refractivity contribution in [2.75, 3.05) is 18.9 Å². The van der Waals surface area contributed by atoms with Gasteiger partial charge in [-0.2, -0.15) is 0 Å². The molecule has 2 aromatic carbocycles. The second-order valence-corrected chi connectivity index (χ2v) is 7.25. The van der Waals surface area contributed by atoms with Crippen molar-refractivity contribution >= 4 is 41.3 Å². The first-order valence-corrected chi connectivity index (χ1v) is 10.1. The number of thioether (sulfide) groups is 1. The minimum atomic E-state index is -0.679. The summed E-state index contributed by atoms with van der Waals surface area (Å²) >= 11 is 7.36. The molecule has 0 aliphatic heterocycles. The highest BCUT2D eigenvalue weighted by molar-refractivity contribution is 8.00. The Morgan fingerprint density at radius 2 is 1.68 bits per heavy atom. The molecule has 0 aromatic heterocycles. The van der Waals surface area contributed by atoms with Crippen LogP contribution in [-0.4, -0.2) is 36.8 Å². The molecule has 0 bridgehead atoms. The molecule has 1 atom stereocenters. The minimum absolute atomic E-state index is 0.0522. The average molecular weight is 421 g/mol. The highest BCUT2D eigenvalue weighted by Crippen LogP contribution is 2.36. The summed E-state index contributed by atoms with van der Waals surface area (Å²) < 4.78 is 4.95. The van der Waals surface area contributed by atoms with Crippen molar-refractivity contribution in [1.82, 2.24) is 10.6 Å². The number of benzene rings is 2. The van der Waals surface area contributed by atoms with Crippen molar-refractivity contribution in [3.8, 4) is 0 Å². The maximum absolute atomic E-state index is 12.0. The van der Waals surface area contributed by atoms with Crippen LogP contribution in [0, 0.1) is 0 Å². The van der Waals surface area contributed by atoms with Crippen molar-refractivity contribution in [3.05, 3.63) is 70.7 Å². The molecule has 6 nitrogen and oxygen atoms in total. The van der Waals surface area contributed by atoms with Gasteiger partial charge in [0.1, 0.15) is 0 Å². The van der Waals surface area contributed by atoms with Crippen LogP contribution in [0.15, 0.2) is 54.6 Å².